The average Bonchev–Trinajstić information content (AvgIpc) is 3.03. The van der Waals surface area contributed by atoms with Crippen molar-refractivity contribution in [3.8, 4) is 0 Å². The molecule has 0 N–H and O–H groups in total. The van der Waals surface area contributed by atoms with Gasteiger partial charge in [0.25, 0.3) is 5.69 Å². The molecule has 6 nitrogen and oxygen atoms in total. The fraction of sp³-hybridized carbons (Fsp3) is 0.0476. The predicted molar refractivity (Wildman–Crippen MR) is 102 cm³/mol. The topological polar surface area (TPSA) is 81.8 Å². The Balaban J connectivity index is 1.71. The smallest absolute Gasteiger partial charge is 0.363 e. The number of carbonyl (C=O) groups excluding carboxylic acids is 1. The van der Waals surface area contributed by atoms with Crippen LogP contribution in [0.25, 0.3) is 16.8 Å². The first-order valence-electron chi connectivity index (χ1n) is 8.28. The maximum Gasteiger partial charge on any atom is 0.363 e. The van der Waals surface area contributed by atoms with Crippen molar-refractivity contribution in [3.05, 3.63) is 93.2 Å². The largest absolute Gasteiger partial charge is 0.402 e. The Bertz CT molecular complexity index is 1160. The molecular formula is C21H14N2O4. The number of hydrogen-bond donors (Lipinski definition) is 0. The standard InChI is InChI=1S/C21H14N2O4/c1-13-6-7-14(11-19(13)23(25)26)10-18-21(24)27-20(22-18)17-9-8-15-4-2-3-5-16(15)12-17/h2-12H,1H3. The highest BCUT2D eigenvalue weighted by atomic mass is 16.6. The molecule has 0 saturated heterocycles. The minimum Gasteiger partial charge on any atom is -0.402 e. The van der Waals surface area contributed by atoms with Gasteiger partial charge in [0.2, 0.25) is 5.90 Å². The molecular weight excluding hydrogens is 344 g/mol. The second kappa shape index (κ2) is 6.49. The number of carbonyl (C=O) groups is 1. The molecule has 132 valence electrons. The van der Waals surface area contributed by atoms with Gasteiger partial charge < -0.3 is 4.74 Å². The van der Waals surface area contributed by atoms with Crippen LogP contribution in [0.4, 0.5) is 5.69 Å². The van der Waals surface area contributed by atoms with E-state index in [1.165, 1.54) is 12.1 Å². The summed E-state index contributed by atoms with van der Waals surface area (Å²) in [6.07, 6.45) is 1.49. The lowest BCUT2D eigenvalue weighted by atomic mass is 10.1. The molecule has 0 saturated carbocycles. The lowest BCUT2D eigenvalue weighted by Gasteiger charge is -2.02. The van der Waals surface area contributed by atoms with Gasteiger partial charge in [0, 0.05) is 17.2 Å². The Morgan fingerprint density at radius 2 is 1.81 bits per heavy atom. The summed E-state index contributed by atoms with van der Waals surface area (Å²) in [6.45, 7) is 1.66. The number of aryl methyl sites for hydroxylation is 1. The number of esters is 1. The van der Waals surface area contributed by atoms with Crippen LogP contribution in [0.15, 0.2) is 71.4 Å². The molecule has 0 fully saturated rings. The zero-order chi connectivity index (χ0) is 19.0. The molecule has 4 rings (SSSR count). The molecule has 1 aliphatic rings. The van der Waals surface area contributed by atoms with E-state index < -0.39 is 10.9 Å². The Hall–Kier alpha value is -3.80. The summed E-state index contributed by atoms with van der Waals surface area (Å²) in [4.78, 5) is 27.1. The van der Waals surface area contributed by atoms with Crippen molar-refractivity contribution in [2.24, 2.45) is 4.99 Å². The molecule has 27 heavy (non-hydrogen) atoms. The highest BCUT2D eigenvalue weighted by Gasteiger charge is 2.24. The van der Waals surface area contributed by atoms with Crippen molar-refractivity contribution in [2.45, 2.75) is 6.92 Å². The molecule has 0 radical (unpaired) electrons. The molecule has 1 heterocycles. The maximum absolute atomic E-state index is 12.2. The van der Waals surface area contributed by atoms with E-state index in [1.54, 1.807) is 19.1 Å². The van der Waals surface area contributed by atoms with E-state index in [9.17, 15) is 14.9 Å². The van der Waals surface area contributed by atoms with Crippen LogP contribution in [0.2, 0.25) is 0 Å². The van der Waals surface area contributed by atoms with Crippen molar-refractivity contribution in [3.63, 3.8) is 0 Å². The van der Waals surface area contributed by atoms with Crippen LogP contribution < -0.4 is 0 Å². The monoisotopic (exact) mass is 358 g/mol. The highest BCUT2D eigenvalue weighted by Crippen LogP contribution is 2.24. The van der Waals surface area contributed by atoms with Crippen LogP contribution >= 0.6 is 0 Å². The van der Waals surface area contributed by atoms with Crippen LogP contribution in [-0.4, -0.2) is 16.8 Å². The fourth-order valence-corrected chi connectivity index (χ4v) is 2.93. The van der Waals surface area contributed by atoms with Crippen molar-refractivity contribution in [1.82, 2.24) is 0 Å². The van der Waals surface area contributed by atoms with Crippen LogP contribution in [0, 0.1) is 17.0 Å². The SMILES string of the molecule is Cc1ccc(C=C2N=C(c3ccc4ccccc4c3)OC2=O)cc1[N+](=O)[O-]. The summed E-state index contributed by atoms with van der Waals surface area (Å²) in [5.74, 6) is -0.361. The number of nitro groups is 1. The van der Waals surface area contributed by atoms with Gasteiger partial charge in [-0.2, -0.15) is 0 Å². The third-order valence-corrected chi connectivity index (χ3v) is 4.35. The van der Waals surface area contributed by atoms with E-state index in [-0.39, 0.29) is 17.3 Å². The third-order valence-electron chi connectivity index (χ3n) is 4.35. The third kappa shape index (κ3) is 3.20. The van der Waals surface area contributed by atoms with E-state index in [1.807, 2.05) is 42.5 Å². The van der Waals surface area contributed by atoms with E-state index in [0.29, 0.717) is 16.7 Å². The summed E-state index contributed by atoms with van der Waals surface area (Å²) in [6, 6.07) is 18.3. The Labute approximate surface area is 154 Å². The predicted octanol–water partition coefficient (Wildman–Crippen LogP) is 4.40. The molecule has 0 aromatic heterocycles. The second-order valence-electron chi connectivity index (χ2n) is 6.20. The number of ether oxygens (including phenoxy) is 1. The summed E-state index contributed by atoms with van der Waals surface area (Å²) in [7, 11) is 0. The summed E-state index contributed by atoms with van der Waals surface area (Å²) in [5, 5.41) is 13.2. The van der Waals surface area contributed by atoms with Gasteiger partial charge in [0.1, 0.15) is 0 Å². The first-order valence-corrected chi connectivity index (χ1v) is 8.28. The van der Waals surface area contributed by atoms with Crippen molar-refractivity contribution >= 4 is 34.4 Å². The first kappa shape index (κ1) is 16.7. The molecule has 0 unspecified atom stereocenters. The summed E-state index contributed by atoms with van der Waals surface area (Å²) >= 11 is 0. The first-order chi connectivity index (χ1) is 13.0. The van der Waals surface area contributed by atoms with Gasteiger partial charge >= 0.3 is 5.97 Å². The van der Waals surface area contributed by atoms with Gasteiger partial charge in [-0.1, -0.05) is 42.5 Å². The zero-order valence-electron chi connectivity index (χ0n) is 14.4. The van der Waals surface area contributed by atoms with Crippen LogP contribution in [0.5, 0.6) is 0 Å². The van der Waals surface area contributed by atoms with Gasteiger partial charge in [-0.25, -0.2) is 9.79 Å². The maximum atomic E-state index is 12.2. The lowest BCUT2D eigenvalue weighted by Crippen LogP contribution is -2.05. The molecule has 0 spiro atoms. The minimum atomic E-state index is -0.582. The van der Waals surface area contributed by atoms with Gasteiger partial charge in [-0.05, 0) is 41.5 Å². The number of nitrogens with zero attached hydrogens (tertiary/aromatic N) is 2. The van der Waals surface area contributed by atoms with Gasteiger partial charge in [0.15, 0.2) is 5.70 Å². The van der Waals surface area contributed by atoms with E-state index in [2.05, 4.69) is 4.99 Å². The molecule has 0 aliphatic carbocycles. The van der Waals surface area contributed by atoms with E-state index in [4.69, 9.17) is 4.74 Å². The molecule has 3 aromatic rings. The molecule has 0 amide bonds. The number of cyclic esters (lactones) is 1. The van der Waals surface area contributed by atoms with Crippen molar-refractivity contribution in [2.75, 3.05) is 0 Å². The molecule has 3 aromatic carbocycles. The number of hydrogen-bond acceptors (Lipinski definition) is 5. The Morgan fingerprint density at radius 1 is 1.04 bits per heavy atom. The summed E-state index contributed by atoms with van der Waals surface area (Å²) in [5.41, 5.74) is 1.87. The quantitative estimate of drug-likeness (QED) is 0.301. The van der Waals surface area contributed by atoms with E-state index in [0.717, 1.165) is 10.8 Å². The van der Waals surface area contributed by atoms with Gasteiger partial charge in [-0.3, -0.25) is 10.1 Å². The van der Waals surface area contributed by atoms with Crippen LogP contribution in [0.1, 0.15) is 16.7 Å². The van der Waals surface area contributed by atoms with Crippen molar-refractivity contribution in [1.29, 1.82) is 0 Å². The highest BCUT2D eigenvalue weighted by molar-refractivity contribution is 6.13. The normalized spacial score (nSPS) is 15.1. The molecule has 1 aliphatic heterocycles. The van der Waals surface area contributed by atoms with Crippen molar-refractivity contribution < 1.29 is 14.5 Å². The molecule has 6 heteroatoms. The van der Waals surface area contributed by atoms with Crippen LogP contribution in [0.3, 0.4) is 0 Å². The number of fused-ring (bicyclic) bond motifs is 1. The minimum absolute atomic E-state index is 0.00514. The average molecular weight is 358 g/mol. The number of aliphatic imine (C=N–C) groups is 1. The number of benzene rings is 3. The second-order valence-corrected chi connectivity index (χ2v) is 6.20. The Morgan fingerprint density at radius 3 is 2.59 bits per heavy atom. The lowest BCUT2D eigenvalue weighted by molar-refractivity contribution is -0.385. The van der Waals surface area contributed by atoms with Gasteiger partial charge in [-0.15, -0.1) is 0 Å². The fourth-order valence-electron chi connectivity index (χ4n) is 2.93. The van der Waals surface area contributed by atoms with E-state index >= 15 is 0 Å². The Kier molecular flexibility index (Phi) is 4.01. The zero-order valence-corrected chi connectivity index (χ0v) is 14.4. The molecule has 0 bridgehead atoms. The van der Waals surface area contributed by atoms with Gasteiger partial charge in [0.05, 0.1) is 4.92 Å². The van der Waals surface area contributed by atoms with Crippen LogP contribution in [-0.2, 0) is 9.53 Å². The number of rotatable bonds is 3. The summed E-state index contributed by atoms with van der Waals surface area (Å²) < 4.78 is 5.29. The number of nitro benzene ring substituents is 1. The molecule has 0 atom stereocenters.